The van der Waals surface area contributed by atoms with Crippen molar-refractivity contribution in [3.63, 3.8) is 0 Å². The van der Waals surface area contributed by atoms with E-state index in [1.807, 2.05) is 43.3 Å². The van der Waals surface area contributed by atoms with Gasteiger partial charge >= 0.3 is 5.97 Å². The number of hydrogen-bond donors (Lipinski definition) is 1. The lowest BCUT2D eigenvalue weighted by atomic mass is 9.85. The molecule has 1 aliphatic heterocycles. The molecule has 5 nitrogen and oxygen atoms in total. The van der Waals surface area contributed by atoms with Crippen molar-refractivity contribution in [3.05, 3.63) is 100 Å². The smallest absolute Gasteiger partial charge is 0.305 e. The van der Waals surface area contributed by atoms with Crippen LogP contribution in [0, 0.1) is 6.92 Å². The van der Waals surface area contributed by atoms with Gasteiger partial charge in [0.2, 0.25) is 0 Å². The van der Waals surface area contributed by atoms with Gasteiger partial charge in [-0.3, -0.25) is 9.59 Å². The Morgan fingerprint density at radius 1 is 0.973 bits per heavy atom. The second-order valence-corrected chi connectivity index (χ2v) is 11.5. The molecule has 5 heteroatoms. The van der Waals surface area contributed by atoms with Gasteiger partial charge in [0.05, 0.1) is 6.42 Å². The van der Waals surface area contributed by atoms with Crippen LogP contribution in [0.25, 0.3) is 0 Å². The molecule has 0 saturated carbocycles. The average Bonchev–Trinajstić information content (AvgIpc) is 3.17. The molecule has 1 heterocycles. The third-order valence-corrected chi connectivity index (χ3v) is 7.00. The monoisotopic (exact) mass is 499 g/mol. The van der Waals surface area contributed by atoms with E-state index in [1.165, 1.54) is 11.1 Å². The Morgan fingerprint density at radius 3 is 2.24 bits per heavy atom. The highest BCUT2D eigenvalue weighted by atomic mass is 16.5. The summed E-state index contributed by atoms with van der Waals surface area (Å²) in [5, 5.41) is 9.22. The summed E-state index contributed by atoms with van der Waals surface area (Å²) >= 11 is 0. The van der Waals surface area contributed by atoms with E-state index in [9.17, 15) is 14.7 Å². The first-order valence-corrected chi connectivity index (χ1v) is 12.9. The normalized spacial score (nSPS) is 16.7. The fourth-order valence-corrected chi connectivity index (χ4v) is 4.89. The first-order valence-electron chi connectivity index (χ1n) is 12.9. The standard InChI is InChI=1S/C32H37NO4/c1-22-6-8-24(9-7-22)21-33(17-16-29(34)35)30(36)25-12-15-28-26(18-25)20-32(5,37-28)19-23-10-13-27(14-11-23)31(2,3)4/h6-15,18H,16-17,19-21H2,1-5H3,(H,34,35)/t32-/m1/s1. The number of aliphatic carboxylic acids is 1. The van der Waals surface area contributed by atoms with Gasteiger partial charge < -0.3 is 14.7 Å². The number of amides is 1. The zero-order chi connectivity index (χ0) is 26.8. The zero-order valence-electron chi connectivity index (χ0n) is 22.5. The van der Waals surface area contributed by atoms with E-state index in [2.05, 4.69) is 52.0 Å². The molecule has 0 aliphatic carbocycles. The van der Waals surface area contributed by atoms with Crippen molar-refractivity contribution in [1.82, 2.24) is 4.90 Å². The summed E-state index contributed by atoms with van der Waals surface area (Å²) in [7, 11) is 0. The van der Waals surface area contributed by atoms with Crippen LogP contribution < -0.4 is 4.74 Å². The number of ether oxygens (including phenoxy) is 1. The van der Waals surface area contributed by atoms with E-state index in [0.717, 1.165) is 28.9 Å². The minimum Gasteiger partial charge on any atom is -0.487 e. The molecule has 0 fully saturated rings. The Morgan fingerprint density at radius 2 is 1.62 bits per heavy atom. The lowest BCUT2D eigenvalue weighted by Gasteiger charge is -2.25. The maximum atomic E-state index is 13.5. The minimum atomic E-state index is -0.921. The summed E-state index contributed by atoms with van der Waals surface area (Å²) in [5.74, 6) is -0.285. The van der Waals surface area contributed by atoms with E-state index < -0.39 is 11.6 Å². The topological polar surface area (TPSA) is 66.8 Å². The number of nitrogens with zero attached hydrogens (tertiary/aromatic N) is 1. The molecule has 0 saturated heterocycles. The summed E-state index contributed by atoms with van der Waals surface area (Å²) < 4.78 is 6.37. The molecule has 0 unspecified atom stereocenters. The third kappa shape index (κ3) is 6.59. The van der Waals surface area contributed by atoms with Crippen LogP contribution in [-0.4, -0.2) is 34.0 Å². The summed E-state index contributed by atoms with van der Waals surface area (Å²) in [5.41, 5.74) is 5.92. The van der Waals surface area contributed by atoms with Crippen molar-refractivity contribution in [2.24, 2.45) is 0 Å². The van der Waals surface area contributed by atoms with Crippen LogP contribution in [0.3, 0.4) is 0 Å². The van der Waals surface area contributed by atoms with Gasteiger partial charge in [0.25, 0.3) is 5.91 Å². The van der Waals surface area contributed by atoms with E-state index in [1.54, 1.807) is 11.0 Å². The van der Waals surface area contributed by atoms with Crippen molar-refractivity contribution in [2.75, 3.05) is 6.54 Å². The van der Waals surface area contributed by atoms with Gasteiger partial charge in [-0.15, -0.1) is 0 Å². The van der Waals surface area contributed by atoms with Crippen LogP contribution in [0.4, 0.5) is 0 Å². The SMILES string of the molecule is Cc1ccc(CN(CCC(=O)O)C(=O)c2ccc3c(c2)C[C@@](C)(Cc2ccc(C(C)(C)C)cc2)O3)cc1. The van der Waals surface area contributed by atoms with Crippen molar-refractivity contribution < 1.29 is 19.4 Å². The zero-order valence-corrected chi connectivity index (χ0v) is 22.5. The fourth-order valence-electron chi connectivity index (χ4n) is 4.89. The molecule has 1 amide bonds. The molecule has 1 atom stereocenters. The number of hydrogen-bond acceptors (Lipinski definition) is 3. The molecule has 1 aliphatic rings. The highest BCUT2D eigenvalue weighted by Crippen LogP contribution is 2.38. The first-order chi connectivity index (χ1) is 17.4. The van der Waals surface area contributed by atoms with E-state index in [0.29, 0.717) is 18.5 Å². The van der Waals surface area contributed by atoms with E-state index in [-0.39, 0.29) is 24.3 Å². The predicted molar refractivity (Wildman–Crippen MR) is 146 cm³/mol. The van der Waals surface area contributed by atoms with Gasteiger partial charge in [-0.2, -0.15) is 0 Å². The van der Waals surface area contributed by atoms with Gasteiger partial charge in [0.15, 0.2) is 0 Å². The molecule has 0 bridgehead atoms. The van der Waals surface area contributed by atoms with Crippen molar-refractivity contribution >= 4 is 11.9 Å². The van der Waals surface area contributed by atoms with Crippen LogP contribution in [0.15, 0.2) is 66.7 Å². The van der Waals surface area contributed by atoms with Gasteiger partial charge in [-0.05, 0) is 59.7 Å². The number of carbonyl (C=O) groups is 2. The molecular weight excluding hydrogens is 462 g/mol. The van der Waals surface area contributed by atoms with E-state index in [4.69, 9.17) is 4.74 Å². The van der Waals surface area contributed by atoms with Gasteiger partial charge in [0.1, 0.15) is 11.4 Å². The molecule has 3 aromatic carbocycles. The first kappa shape index (κ1) is 26.5. The molecule has 3 aromatic rings. The molecule has 0 spiro atoms. The Balaban J connectivity index is 1.49. The summed E-state index contributed by atoms with van der Waals surface area (Å²) in [4.78, 5) is 26.4. The van der Waals surface area contributed by atoms with Crippen LogP contribution in [-0.2, 0) is 29.6 Å². The number of carboxylic acids is 1. The van der Waals surface area contributed by atoms with Gasteiger partial charge in [-0.1, -0.05) is 74.9 Å². The molecule has 1 N–H and O–H groups in total. The Labute approximate surface area is 220 Å². The maximum absolute atomic E-state index is 13.5. The largest absolute Gasteiger partial charge is 0.487 e. The summed E-state index contributed by atoms with van der Waals surface area (Å²) in [6, 6.07) is 22.3. The summed E-state index contributed by atoms with van der Waals surface area (Å²) in [6.45, 7) is 11.3. The van der Waals surface area contributed by atoms with Gasteiger partial charge in [0, 0.05) is 31.5 Å². The number of aryl methyl sites for hydroxylation is 1. The lowest BCUT2D eigenvalue weighted by molar-refractivity contribution is -0.137. The molecule has 37 heavy (non-hydrogen) atoms. The second-order valence-electron chi connectivity index (χ2n) is 11.5. The number of fused-ring (bicyclic) bond motifs is 1. The quantitative estimate of drug-likeness (QED) is 0.392. The van der Waals surface area contributed by atoms with E-state index >= 15 is 0 Å². The molecule has 0 aromatic heterocycles. The number of carboxylic acid groups (broad SMARTS) is 1. The van der Waals surface area contributed by atoms with Crippen LogP contribution >= 0.6 is 0 Å². The molecule has 0 radical (unpaired) electrons. The van der Waals surface area contributed by atoms with Crippen LogP contribution in [0.5, 0.6) is 5.75 Å². The molecule has 194 valence electrons. The Bertz CT molecular complexity index is 1270. The highest BCUT2D eigenvalue weighted by molar-refractivity contribution is 5.95. The maximum Gasteiger partial charge on any atom is 0.305 e. The minimum absolute atomic E-state index is 0.0995. The third-order valence-electron chi connectivity index (χ3n) is 7.00. The average molecular weight is 500 g/mol. The highest BCUT2D eigenvalue weighted by Gasteiger charge is 2.35. The molecular formula is C32H37NO4. The van der Waals surface area contributed by atoms with Gasteiger partial charge in [-0.25, -0.2) is 0 Å². The Hall–Kier alpha value is -3.60. The fraction of sp³-hybridized carbons (Fsp3) is 0.375. The molecule has 4 rings (SSSR count). The number of carbonyl (C=O) groups excluding carboxylic acids is 1. The van der Waals surface area contributed by atoms with Crippen LogP contribution in [0.1, 0.15) is 72.3 Å². The second kappa shape index (κ2) is 10.4. The number of benzene rings is 3. The number of rotatable bonds is 8. The van der Waals surface area contributed by atoms with Crippen molar-refractivity contribution in [1.29, 1.82) is 0 Å². The van der Waals surface area contributed by atoms with Crippen molar-refractivity contribution in [2.45, 2.75) is 71.4 Å². The van der Waals surface area contributed by atoms with Crippen LogP contribution in [0.2, 0.25) is 0 Å². The predicted octanol–water partition coefficient (Wildman–Crippen LogP) is 6.35. The lowest BCUT2D eigenvalue weighted by Crippen LogP contribution is -2.33. The Kier molecular flexibility index (Phi) is 7.44. The van der Waals surface area contributed by atoms with Crippen molar-refractivity contribution in [3.8, 4) is 5.75 Å². The summed E-state index contributed by atoms with van der Waals surface area (Å²) in [6.07, 6.45) is 1.38.